The average molecular weight is 528 g/mol. The van der Waals surface area contributed by atoms with Gasteiger partial charge in [-0.15, -0.1) is 0 Å². The number of nitrogens with zero attached hydrogens (tertiary/aromatic N) is 7. The summed E-state index contributed by atoms with van der Waals surface area (Å²) in [7, 11) is 1.68. The number of amides is 2. The summed E-state index contributed by atoms with van der Waals surface area (Å²) in [6.45, 7) is 6.21. The molecule has 1 unspecified atom stereocenters. The fourth-order valence-corrected chi connectivity index (χ4v) is 4.86. The molecule has 12 nitrogen and oxygen atoms in total. The van der Waals surface area contributed by atoms with Crippen molar-refractivity contribution in [1.82, 2.24) is 30.1 Å². The Morgan fingerprint density at radius 2 is 1.90 bits per heavy atom. The summed E-state index contributed by atoms with van der Waals surface area (Å²) in [5.41, 5.74) is 3.03. The number of nitrogens with one attached hydrogen (secondary N) is 2. The molecule has 0 spiro atoms. The van der Waals surface area contributed by atoms with Crippen molar-refractivity contribution in [3.05, 3.63) is 54.4 Å². The molecule has 39 heavy (non-hydrogen) atoms. The maximum absolute atomic E-state index is 11.7. The van der Waals surface area contributed by atoms with E-state index in [2.05, 4.69) is 53.6 Å². The second kappa shape index (κ2) is 10.7. The van der Waals surface area contributed by atoms with Crippen molar-refractivity contribution in [2.45, 2.75) is 12.3 Å². The average Bonchev–Trinajstić information content (AvgIpc) is 3.25. The molecule has 6 rings (SSSR count). The van der Waals surface area contributed by atoms with Crippen molar-refractivity contribution in [3.63, 3.8) is 0 Å². The zero-order valence-electron chi connectivity index (χ0n) is 21.6. The van der Waals surface area contributed by atoms with Crippen molar-refractivity contribution < 1.29 is 14.3 Å². The second-order valence-electron chi connectivity index (χ2n) is 9.78. The van der Waals surface area contributed by atoms with Crippen molar-refractivity contribution in [2.75, 3.05) is 63.2 Å². The largest absolute Gasteiger partial charge is 0.467 e. The molecule has 1 atom stereocenters. The molecular weight excluding hydrogens is 498 g/mol. The molecule has 12 heteroatoms. The molecule has 0 radical (unpaired) electrons. The van der Waals surface area contributed by atoms with Crippen LogP contribution in [0.25, 0.3) is 11.4 Å². The fraction of sp³-hybridized carbons (Fsp3) is 0.370. The Morgan fingerprint density at radius 3 is 2.56 bits per heavy atom. The number of carbonyl (C=O) groups excluding carboxylic acids is 1. The van der Waals surface area contributed by atoms with Crippen LogP contribution >= 0.6 is 0 Å². The summed E-state index contributed by atoms with van der Waals surface area (Å²) in [5.74, 6) is 1.21. The van der Waals surface area contributed by atoms with Gasteiger partial charge in [-0.2, -0.15) is 10.2 Å². The Labute approximate surface area is 226 Å². The number of hydrogen-bond donors (Lipinski definition) is 2. The Bertz CT molecular complexity index is 1380. The van der Waals surface area contributed by atoms with Gasteiger partial charge in [-0.25, -0.2) is 14.8 Å². The minimum absolute atomic E-state index is 0.215. The van der Waals surface area contributed by atoms with Gasteiger partial charge in [-0.05, 0) is 42.5 Å². The molecular formula is C27H29N9O3. The van der Waals surface area contributed by atoms with Crippen molar-refractivity contribution >= 4 is 23.4 Å². The number of aromatic nitrogens is 3. The normalized spacial score (nSPS) is 19.8. The second-order valence-corrected chi connectivity index (χ2v) is 9.78. The first kappa shape index (κ1) is 24.8. The molecule has 200 valence electrons. The quantitative estimate of drug-likeness (QED) is 0.470. The molecule has 0 aliphatic carbocycles. The van der Waals surface area contributed by atoms with E-state index in [4.69, 9.17) is 9.47 Å². The van der Waals surface area contributed by atoms with Gasteiger partial charge in [0.05, 0.1) is 31.4 Å². The van der Waals surface area contributed by atoms with Crippen molar-refractivity contribution in [1.29, 1.82) is 5.26 Å². The molecule has 0 bridgehead atoms. The van der Waals surface area contributed by atoms with Crippen LogP contribution in [0.3, 0.4) is 0 Å². The molecule has 2 aromatic carbocycles. The molecule has 2 N–H and O–H groups in total. The molecule has 3 aliphatic heterocycles. The van der Waals surface area contributed by atoms with Crippen LogP contribution in [-0.4, -0.2) is 96.0 Å². The van der Waals surface area contributed by atoms with Crippen LogP contribution in [-0.2, 0) is 4.74 Å². The highest BCUT2D eigenvalue weighted by atomic mass is 16.5. The fourth-order valence-electron chi connectivity index (χ4n) is 4.86. The van der Waals surface area contributed by atoms with Gasteiger partial charge in [-0.1, -0.05) is 0 Å². The Kier molecular flexibility index (Phi) is 6.83. The van der Waals surface area contributed by atoms with Crippen LogP contribution in [0.2, 0.25) is 0 Å². The first-order valence-corrected chi connectivity index (χ1v) is 12.9. The number of hydrogen-bond acceptors (Lipinski definition) is 10. The van der Waals surface area contributed by atoms with Crippen molar-refractivity contribution in [3.8, 4) is 23.2 Å². The van der Waals surface area contributed by atoms with Gasteiger partial charge >= 0.3 is 6.03 Å². The van der Waals surface area contributed by atoms with Gasteiger partial charge in [0.2, 0.25) is 5.95 Å². The highest BCUT2D eigenvalue weighted by molar-refractivity contribution is 5.76. The Hall–Kier alpha value is -4.47. The smallest absolute Gasteiger partial charge is 0.320 e. The third-order valence-corrected chi connectivity index (χ3v) is 7.21. The van der Waals surface area contributed by atoms with E-state index >= 15 is 0 Å². The van der Waals surface area contributed by atoms with E-state index in [-0.39, 0.29) is 6.03 Å². The summed E-state index contributed by atoms with van der Waals surface area (Å²) in [6, 6.07) is 15.9. The SMILES string of the molecule is CN1CC(Oc2ccc(-c3ncnc(Nc4ccc(N5CCN(C6COC6)CC5)cc4)n3)cc2C#N)NC1=O. The van der Waals surface area contributed by atoms with E-state index in [1.807, 2.05) is 12.1 Å². The summed E-state index contributed by atoms with van der Waals surface area (Å²) in [6.07, 6.45) is 0.915. The predicted molar refractivity (Wildman–Crippen MR) is 144 cm³/mol. The summed E-state index contributed by atoms with van der Waals surface area (Å²) >= 11 is 0. The Morgan fingerprint density at radius 1 is 1.10 bits per heavy atom. The van der Waals surface area contributed by atoms with Crippen LogP contribution in [0.15, 0.2) is 48.8 Å². The van der Waals surface area contributed by atoms with Gasteiger partial charge in [0.25, 0.3) is 0 Å². The minimum Gasteiger partial charge on any atom is -0.467 e. The highest BCUT2D eigenvalue weighted by Gasteiger charge is 2.29. The topological polar surface area (TPSA) is 132 Å². The zero-order valence-corrected chi connectivity index (χ0v) is 21.6. The summed E-state index contributed by atoms with van der Waals surface area (Å²) < 4.78 is 11.2. The van der Waals surface area contributed by atoms with E-state index < -0.39 is 6.23 Å². The summed E-state index contributed by atoms with van der Waals surface area (Å²) in [4.78, 5) is 31.2. The van der Waals surface area contributed by atoms with Gasteiger partial charge < -0.3 is 29.9 Å². The van der Waals surface area contributed by atoms with Crippen molar-refractivity contribution in [2.24, 2.45) is 0 Å². The lowest BCUT2D eigenvalue weighted by atomic mass is 10.1. The molecule has 0 saturated carbocycles. The first-order valence-electron chi connectivity index (χ1n) is 12.9. The van der Waals surface area contributed by atoms with Gasteiger partial charge in [0, 0.05) is 50.2 Å². The molecule has 4 heterocycles. The molecule has 1 aromatic heterocycles. The molecule has 3 saturated heterocycles. The lowest BCUT2D eigenvalue weighted by Gasteiger charge is -2.43. The number of benzene rings is 2. The Balaban J connectivity index is 1.10. The highest BCUT2D eigenvalue weighted by Crippen LogP contribution is 2.27. The van der Waals surface area contributed by atoms with E-state index in [1.165, 1.54) is 16.9 Å². The third-order valence-electron chi connectivity index (χ3n) is 7.21. The van der Waals surface area contributed by atoms with Crippen LogP contribution in [0.5, 0.6) is 5.75 Å². The number of likely N-dealkylation sites (N-methyl/N-ethyl adjacent to an activating group) is 1. The van der Waals surface area contributed by atoms with Gasteiger partial charge in [0.1, 0.15) is 18.1 Å². The number of carbonyl (C=O) groups is 1. The molecule has 2 amide bonds. The number of ether oxygens (including phenoxy) is 2. The molecule has 3 aliphatic rings. The number of rotatable bonds is 7. The number of nitriles is 1. The third kappa shape index (κ3) is 5.41. The van der Waals surface area contributed by atoms with Crippen LogP contribution in [0, 0.1) is 11.3 Å². The lowest BCUT2D eigenvalue weighted by molar-refractivity contribution is -0.0660. The summed E-state index contributed by atoms with van der Waals surface area (Å²) in [5, 5.41) is 15.6. The number of urea groups is 1. The monoisotopic (exact) mass is 527 g/mol. The lowest BCUT2D eigenvalue weighted by Crippen LogP contribution is -2.56. The van der Waals surface area contributed by atoms with E-state index in [9.17, 15) is 10.1 Å². The van der Waals surface area contributed by atoms with Gasteiger partial charge in [-0.3, -0.25) is 4.90 Å². The van der Waals surface area contributed by atoms with E-state index in [1.54, 1.807) is 25.2 Å². The molecule has 3 fully saturated rings. The maximum atomic E-state index is 11.7. The van der Waals surface area contributed by atoms with Crippen LogP contribution in [0.1, 0.15) is 5.56 Å². The first-order chi connectivity index (χ1) is 19.1. The standard InChI is InChI=1S/C27H29N9O3/c1-34-14-24(32-27(34)37)39-23-7-2-18(12-19(23)13-28)25-29-17-30-26(33-25)31-20-3-5-21(6-4-20)35-8-10-36(11-9-35)22-15-38-16-22/h2-7,12,17,22,24H,8-11,14-16H2,1H3,(H,32,37)(H,29,30,31,33). The predicted octanol–water partition coefficient (Wildman–Crippen LogP) is 2.03. The number of anilines is 3. The van der Waals surface area contributed by atoms with Crippen LogP contribution in [0.4, 0.5) is 22.1 Å². The zero-order chi connectivity index (χ0) is 26.8. The maximum Gasteiger partial charge on any atom is 0.320 e. The van der Waals surface area contributed by atoms with E-state index in [0.717, 1.165) is 45.1 Å². The minimum atomic E-state index is -0.521. The van der Waals surface area contributed by atoms with Crippen LogP contribution < -0.4 is 20.3 Å². The van der Waals surface area contributed by atoms with E-state index in [0.29, 0.717) is 41.2 Å². The van der Waals surface area contributed by atoms with Gasteiger partial charge in [0.15, 0.2) is 12.1 Å². The molecule has 3 aromatic rings. The number of piperazine rings is 1.